The van der Waals surface area contributed by atoms with Gasteiger partial charge in [0, 0.05) is 25.9 Å². The zero-order valence-electron chi connectivity index (χ0n) is 11.5. The summed E-state index contributed by atoms with van der Waals surface area (Å²) < 4.78 is 5.70. The highest BCUT2D eigenvalue weighted by Gasteiger charge is 2.29. The maximum Gasteiger partial charge on any atom is 0.252 e. The summed E-state index contributed by atoms with van der Waals surface area (Å²) in [6, 6.07) is 3.60. The number of amides is 1. The summed E-state index contributed by atoms with van der Waals surface area (Å²) in [4.78, 5) is 15.8. The number of pyridine rings is 1. The van der Waals surface area contributed by atoms with Gasteiger partial charge in [-0.3, -0.25) is 4.79 Å². The van der Waals surface area contributed by atoms with E-state index in [1.54, 1.807) is 12.3 Å². The van der Waals surface area contributed by atoms with E-state index in [1.165, 1.54) is 0 Å². The predicted molar refractivity (Wildman–Crippen MR) is 74.3 cm³/mol. The van der Waals surface area contributed by atoms with Crippen molar-refractivity contribution in [2.75, 3.05) is 25.0 Å². The summed E-state index contributed by atoms with van der Waals surface area (Å²) in [5.74, 6) is 0.678. The van der Waals surface area contributed by atoms with Gasteiger partial charge in [0.2, 0.25) is 0 Å². The number of nitrogens with one attached hydrogen (secondary N) is 2. The van der Waals surface area contributed by atoms with Gasteiger partial charge in [-0.05, 0) is 38.8 Å². The number of aromatic nitrogens is 1. The number of carbonyl (C=O) groups is 1. The van der Waals surface area contributed by atoms with Crippen LogP contribution in [0.4, 0.5) is 5.82 Å². The molecule has 1 aromatic heterocycles. The molecule has 1 aliphatic rings. The molecule has 1 fully saturated rings. The van der Waals surface area contributed by atoms with Gasteiger partial charge in [-0.2, -0.15) is 0 Å². The van der Waals surface area contributed by atoms with Crippen molar-refractivity contribution in [3.05, 3.63) is 23.9 Å². The second kappa shape index (κ2) is 6.02. The molecule has 0 aromatic carbocycles. The lowest BCUT2D eigenvalue weighted by Crippen LogP contribution is -2.32. The van der Waals surface area contributed by atoms with Gasteiger partial charge >= 0.3 is 0 Å². The first-order valence-corrected chi connectivity index (χ1v) is 6.75. The fraction of sp³-hybridized carbons (Fsp3) is 0.571. The van der Waals surface area contributed by atoms with E-state index in [0.717, 1.165) is 31.8 Å². The van der Waals surface area contributed by atoms with Crippen LogP contribution >= 0.6 is 0 Å². The Balaban J connectivity index is 1.90. The molecule has 2 rings (SSSR count). The van der Waals surface area contributed by atoms with E-state index >= 15 is 0 Å². The SMILES string of the molecule is CCNC(=O)c1ccc(NC[C@@]2(C)CCCO2)nc1. The Morgan fingerprint density at radius 2 is 2.37 bits per heavy atom. The molecular formula is C14H21N3O2. The molecule has 2 N–H and O–H groups in total. The van der Waals surface area contributed by atoms with Gasteiger partial charge in [-0.15, -0.1) is 0 Å². The molecule has 0 radical (unpaired) electrons. The Morgan fingerprint density at radius 1 is 1.53 bits per heavy atom. The van der Waals surface area contributed by atoms with E-state index in [4.69, 9.17) is 4.74 Å². The van der Waals surface area contributed by atoms with Crippen LogP contribution < -0.4 is 10.6 Å². The molecule has 2 heterocycles. The van der Waals surface area contributed by atoms with Crippen molar-refractivity contribution in [1.82, 2.24) is 10.3 Å². The minimum atomic E-state index is -0.0973. The molecule has 0 unspecified atom stereocenters. The van der Waals surface area contributed by atoms with Gasteiger partial charge in [0.05, 0.1) is 11.2 Å². The van der Waals surface area contributed by atoms with E-state index in [-0.39, 0.29) is 11.5 Å². The van der Waals surface area contributed by atoms with Crippen molar-refractivity contribution in [3.63, 3.8) is 0 Å². The van der Waals surface area contributed by atoms with Crippen LogP contribution in [0.1, 0.15) is 37.0 Å². The maximum atomic E-state index is 11.6. The van der Waals surface area contributed by atoms with Gasteiger partial charge in [0.1, 0.15) is 5.82 Å². The molecule has 0 aliphatic carbocycles. The van der Waals surface area contributed by atoms with Crippen molar-refractivity contribution >= 4 is 11.7 Å². The highest BCUT2D eigenvalue weighted by atomic mass is 16.5. The smallest absolute Gasteiger partial charge is 0.252 e. The summed E-state index contributed by atoms with van der Waals surface area (Å²) in [6.45, 7) is 6.19. The van der Waals surface area contributed by atoms with E-state index in [9.17, 15) is 4.79 Å². The summed E-state index contributed by atoms with van der Waals surface area (Å²) in [5, 5.41) is 6.00. The average molecular weight is 263 g/mol. The quantitative estimate of drug-likeness (QED) is 0.850. The van der Waals surface area contributed by atoms with Crippen LogP contribution in [0.2, 0.25) is 0 Å². The first kappa shape index (κ1) is 13.8. The summed E-state index contributed by atoms with van der Waals surface area (Å²) in [7, 11) is 0. The van der Waals surface area contributed by atoms with Crippen LogP contribution in [0.15, 0.2) is 18.3 Å². The Hall–Kier alpha value is -1.62. The molecule has 5 nitrogen and oxygen atoms in total. The molecule has 0 saturated carbocycles. The van der Waals surface area contributed by atoms with E-state index < -0.39 is 0 Å². The molecule has 1 saturated heterocycles. The van der Waals surface area contributed by atoms with Gasteiger partial charge in [0.15, 0.2) is 0 Å². The fourth-order valence-corrected chi connectivity index (χ4v) is 2.15. The van der Waals surface area contributed by atoms with E-state index in [2.05, 4.69) is 22.5 Å². The molecule has 5 heteroatoms. The van der Waals surface area contributed by atoms with Crippen LogP contribution in [-0.2, 0) is 4.74 Å². The second-order valence-electron chi connectivity index (χ2n) is 5.05. The molecular weight excluding hydrogens is 242 g/mol. The standard InChI is InChI=1S/C14H21N3O2/c1-3-15-13(18)11-5-6-12(16-9-11)17-10-14(2)7-4-8-19-14/h5-6,9H,3-4,7-8,10H2,1-2H3,(H,15,18)(H,16,17)/t14-/m1/s1. The van der Waals surface area contributed by atoms with Crippen LogP contribution in [-0.4, -0.2) is 36.2 Å². The third kappa shape index (κ3) is 3.67. The molecule has 104 valence electrons. The number of rotatable bonds is 5. The summed E-state index contributed by atoms with van der Waals surface area (Å²) in [5.41, 5.74) is 0.482. The molecule has 1 amide bonds. The maximum absolute atomic E-state index is 11.6. The highest BCUT2D eigenvalue weighted by molar-refractivity contribution is 5.93. The van der Waals surface area contributed by atoms with Crippen LogP contribution in [0.5, 0.6) is 0 Å². The van der Waals surface area contributed by atoms with E-state index in [0.29, 0.717) is 12.1 Å². The first-order valence-electron chi connectivity index (χ1n) is 6.75. The van der Waals surface area contributed by atoms with Crippen molar-refractivity contribution in [1.29, 1.82) is 0 Å². The second-order valence-corrected chi connectivity index (χ2v) is 5.05. The molecule has 19 heavy (non-hydrogen) atoms. The summed E-state index contributed by atoms with van der Waals surface area (Å²) in [6.07, 6.45) is 3.77. The monoisotopic (exact) mass is 263 g/mol. The van der Waals surface area contributed by atoms with Gasteiger partial charge in [0.25, 0.3) is 5.91 Å². The largest absolute Gasteiger partial charge is 0.373 e. The molecule has 1 aromatic rings. The Kier molecular flexibility index (Phi) is 4.37. The van der Waals surface area contributed by atoms with Crippen LogP contribution in [0.25, 0.3) is 0 Å². The van der Waals surface area contributed by atoms with Crippen molar-refractivity contribution in [2.24, 2.45) is 0 Å². The fourth-order valence-electron chi connectivity index (χ4n) is 2.15. The predicted octanol–water partition coefficient (Wildman–Crippen LogP) is 1.81. The van der Waals surface area contributed by atoms with Crippen LogP contribution in [0, 0.1) is 0 Å². The Labute approximate surface area is 113 Å². The van der Waals surface area contributed by atoms with Gasteiger partial charge < -0.3 is 15.4 Å². The minimum absolute atomic E-state index is 0.0901. The number of carbonyl (C=O) groups excluding carboxylic acids is 1. The number of anilines is 1. The molecule has 0 spiro atoms. The lowest BCUT2D eigenvalue weighted by atomic mass is 10.0. The van der Waals surface area contributed by atoms with Crippen molar-refractivity contribution < 1.29 is 9.53 Å². The minimum Gasteiger partial charge on any atom is -0.373 e. The third-order valence-electron chi connectivity index (χ3n) is 3.31. The lowest BCUT2D eigenvalue weighted by molar-refractivity contribution is 0.0314. The number of ether oxygens (including phenoxy) is 1. The number of hydrogen-bond donors (Lipinski definition) is 2. The van der Waals surface area contributed by atoms with Crippen molar-refractivity contribution in [3.8, 4) is 0 Å². The number of nitrogens with zero attached hydrogens (tertiary/aromatic N) is 1. The highest BCUT2D eigenvalue weighted by Crippen LogP contribution is 2.25. The average Bonchev–Trinajstić information content (AvgIpc) is 2.85. The van der Waals surface area contributed by atoms with Gasteiger partial charge in [-0.25, -0.2) is 4.98 Å². The number of hydrogen-bond acceptors (Lipinski definition) is 4. The first-order chi connectivity index (χ1) is 9.13. The lowest BCUT2D eigenvalue weighted by Gasteiger charge is -2.23. The Bertz CT molecular complexity index is 425. The topological polar surface area (TPSA) is 63.2 Å². The normalized spacial score (nSPS) is 22.2. The molecule has 0 bridgehead atoms. The third-order valence-corrected chi connectivity index (χ3v) is 3.31. The van der Waals surface area contributed by atoms with Gasteiger partial charge in [-0.1, -0.05) is 0 Å². The Morgan fingerprint density at radius 3 is 2.95 bits per heavy atom. The molecule has 1 atom stereocenters. The van der Waals surface area contributed by atoms with E-state index in [1.807, 2.05) is 13.0 Å². The zero-order chi connectivity index (χ0) is 13.7. The van der Waals surface area contributed by atoms with Crippen LogP contribution in [0.3, 0.4) is 0 Å². The zero-order valence-corrected chi connectivity index (χ0v) is 11.5. The summed E-state index contributed by atoms with van der Waals surface area (Å²) >= 11 is 0. The molecule has 1 aliphatic heterocycles. The van der Waals surface area contributed by atoms with Crippen molar-refractivity contribution in [2.45, 2.75) is 32.3 Å².